The number of likely N-dealkylation sites (N-methyl/N-ethyl adjacent to an activating group) is 1. The molecule has 1 aromatic heterocycles. The fraction of sp³-hybridized carbons (Fsp3) is 0.375. The monoisotopic (exact) mass is 271 g/mol. The van der Waals surface area contributed by atoms with Crippen molar-refractivity contribution in [2.75, 3.05) is 19.1 Å². The van der Waals surface area contributed by atoms with Gasteiger partial charge in [-0.2, -0.15) is 4.98 Å². The highest BCUT2D eigenvalue weighted by Crippen LogP contribution is 2.17. The van der Waals surface area contributed by atoms with Crippen molar-refractivity contribution in [2.45, 2.75) is 25.8 Å². The largest absolute Gasteiger partial charge is 0.481 e. The molecule has 0 aliphatic rings. The van der Waals surface area contributed by atoms with Gasteiger partial charge in [0.25, 0.3) is 0 Å². The Morgan fingerprint density at radius 3 is 2.60 bits per heavy atom. The van der Waals surface area contributed by atoms with E-state index in [1.807, 2.05) is 13.1 Å². The van der Waals surface area contributed by atoms with E-state index in [9.17, 15) is 0 Å². The fourth-order valence-corrected chi connectivity index (χ4v) is 2.22. The van der Waals surface area contributed by atoms with Crippen LogP contribution in [0.3, 0.4) is 0 Å². The van der Waals surface area contributed by atoms with Gasteiger partial charge in [-0.25, -0.2) is 4.98 Å². The van der Waals surface area contributed by atoms with Crippen LogP contribution in [0.5, 0.6) is 5.88 Å². The molecule has 20 heavy (non-hydrogen) atoms. The van der Waals surface area contributed by atoms with Gasteiger partial charge in [-0.05, 0) is 18.4 Å². The maximum atomic E-state index is 5.16. The lowest BCUT2D eigenvalue weighted by Gasteiger charge is -2.27. The number of ether oxygens (including phenoxy) is 1. The number of nitrogens with zero attached hydrogens (tertiary/aromatic N) is 3. The van der Waals surface area contributed by atoms with Crippen LogP contribution < -0.4 is 9.64 Å². The maximum absolute atomic E-state index is 5.16. The van der Waals surface area contributed by atoms with E-state index in [-0.39, 0.29) is 0 Å². The minimum atomic E-state index is 0.365. The molecule has 0 spiro atoms. The lowest BCUT2D eigenvalue weighted by atomic mass is 10.0. The first-order chi connectivity index (χ1) is 9.74. The van der Waals surface area contributed by atoms with Gasteiger partial charge in [0.05, 0.1) is 7.11 Å². The molecule has 2 aromatic rings. The van der Waals surface area contributed by atoms with Crippen LogP contribution in [0, 0.1) is 0 Å². The third kappa shape index (κ3) is 3.47. The average molecular weight is 271 g/mol. The van der Waals surface area contributed by atoms with Crippen molar-refractivity contribution < 1.29 is 4.74 Å². The lowest BCUT2D eigenvalue weighted by Crippen LogP contribution is -2.34. The fourth-order valence-electron chi connectivity index (χ4n) is 2.22. The molecular weight excluding hydrogens is 250 g/mol. The number of hydrogen-bond acceptors (Lipinski definition) is 4. The van der Waals surface area contributed by atoms with Crippen molar-refractivity contribution in [3.05, 3.63) is 48.2 Å². The highest BCUT2D eigenvalue weighted by atomic mass is 16.5. The van der Waals surface area contributed by atoms with Crippen molar-refractivity contribution in [1.82, 2.24) is 9.97 Å². The van der Waals surface area contributed by atoms with Gasteiger partial charge in [0.15, 0.2) is 0 Å². The molecule has 0 radical (unpaired) electrons. The Bertz CT molecular complexity index is 530. The van der Waals surface area contributed by atoms with Crippen LogP contribution in [-0.4, -0.2) is 30.2 Å². The Kier molecular flexibility index (Phi) is 4.93. The van der Waals surface area contributed by atoms with E-state index >= 15 is 0 Å². The molecule has 0 saturated heterocycles. The number of rotatable bonds is 6. The zero-order valence-corrected chi connectivity index (χ0v) is 12.3. The van der Waals surface area contributed by atoms with Gasteiger partial charge in [-0.3, -0.25) is 0 Å². The number of aromatic nitrogens is 2. The molecule has 0 aliphatic heterocycles. The molecule has 0 aliphatic carbocycles. The van der Waals surface area contributed by atoms with Gasteiger partial charge in [0.2, 0.25) is 11.8 Å². The molecule has 4 heteroatoms. The first-order valence-corrected chi connectivity index (χ1v) is 6.88. The molecule has 2 rings (SSSR count). The molecule has 1 aromatic carbocycles. The molecular formula is C16H21N3O. The van der Waals surface area contributed by atoms with Gasteiger partial charge >= 0.3 is 0 Å². The molecule has 0 bridgehead atoms. The number of hydrogen-bond donors (Lipinski definition) is 0. The van der Waals surface area contributed by atoms with E-state index in [1.165, 1.54) is 5.56 Å². The van der Waals surface area contributed by atoms with Crippen LogP contribution in [0.1, 0.15) is 18.9 Å². The summed E-state index contributed by atoms with van der Waals surface area (Å²) in [5, 5.41) is 0. The van der Waals surface area contributed by atoms with Gasteiger partial charge in [0, 0.05) is 25.4 Å². The summed E-state index contributed by atoms with van der Waals surface area (Å²) in [6.07, 6.45) is 3.74. The van der Waals surface area contributed by atoms with E-state index in [0.717, 1.165) is 12.8 Å². The molecule has 1 heterocycles. The summed E-state index contributed by atoms with van der Waals surface area (Å²) in [6.45, 7) is 2.18. The Balaban J connectivity index is 2.13. The van der Waals surface area contributed by atoms with Crippen LogP contribution in [0.4, 0.5) is 5.95 Å². The normalized spacial score (nSPS) is 11.9. The highest BCUT2D eigenvalue weighted by molar-refractivity contribution is 5.33. The molecule has 1 atom stereocenters. The molecule has 106 valence electrons. The van der Waals surface area contributed by atoms with Gasteiger partial charge in [0.1, 0.15) is 0 Å². The predicted molar refractivity (Wildman–Crippen MR) is 81.2 cm³/mol. The first kappa shape index (κ1) is 14.3. The number of methoxy groups -OCH3 is 1. The molecule has 0 unspecified atom stereocenters. The van der Waals surface area contributed by atoms with Crippen molar-refractivity contribution in [1.29, 1.82) is 0 Å². The Hall–Kier alpha value is -2.10. The minimum Gasteiger partial charge on any atom is -0.481 e. The van der Waals surface area contributed by atoms with E-state index < -0.39 is 0 Å². The second-order valence-corrected chi connectivity index (χ2v) is 4.76. The minimum absolute atomic E-state index is 0.365. The van der Waals surface area contributed by atoms with Gasteiger partial charge < -0.3 is 9.64 Å². The third-order valence-corrected chi connectivity index (χ3v) is 3.48. The lowest BCUT2D eigenvalue weighted by molar-refractivity contribution is 0.396. The van der Waals surface area contributed by atoms with Crippen molar-refractivity contribution in [3.63, 3.8) is 0 Å². The van der Waals surface area contributed by atoms with Crippen molar-refractivity contribution in [2.24, 2.45) is 0 Å². The van der Waals surface area contributed by atoms with Crippen molar-refractivity contribution >= 4 is 5.95 Å². The van der Waals surface area contributed by atoms with E-state index in [4.69, 9.17) is 4.74 Å². The summed E-state index contributed by atoms with van der Waals surface area (Å²) in [5.41, 5.74) is 1.33. The Labute approximate surface area is 120 Å². The van der Waals surface area contributed by atoms with Crippen LogP contribution in [0.25, 0.3) is 0 Å². The second kappa shape index (κ2) is 6.89. The average Bonchev–Trinajstić information content (AvgIpc) is 2.53. The van der Waals surface area contributed by atoms with Crippen LogP contribution in [-0.2, 0) is 6.42 Å². The Morgan fingerprint density at radius 2 is 1.95 bits per heavy atom. The summed E-state index contributed by atoms with van der Waals surface area (Å²) in [7, 11) is 3.65. The van der Waals surface area contributed by atoms with E-state index in [2.05, 4.69) is 46.1 Å². The molecule has 0 N–H and O–H groups in total. The topological polar surface area (TPSA) is 38.2 Å². The maximum Gasteiger partial charge on any atom is 0.228 e. The van der Waals surface area contributed by atoms with E-state index in [0.29, 0.717) is 17.9 Å². The summed E-state index contributed by atoms with van der Waals surface area (Å²) in [4.78, 5) is 10.8. The quantitative estimate of drug-likeness (QED) is 0.809. The number of benzene rings is 1. The Morgan fingerprint density at radius 1 is 1.20 bits per heavy atom. The summed E-state index contributed by atoms with van der Waals surface area (Å²) in [5.74, 6) is 1.29. The van der Waals surface area contributed by atoms with Gasteiger partial charge in [-0.1, -0.05) is 37.3 Å². The molecule has 4 nitrogen and oxygen atoms in total. The summed E-state index contributed by atoms with van der Waals surface area (Å²) in [6, 6.07) is 12.6. The highest BCUT2D eigenvalue weighted by Gasteiger charge is 2.16. The number of anilines is 1. The zero-order chi connectivity index (χ0) is 14.4. The SMILES string of the molecule is CC[C@H](Cc1ccccc1)N(C)c1nccc(OC)n1. The van der Waals surface area contributed by atoms with Crippen molar-refractivity contribution in [3.8, 4) is 5.88 Å². The molecule has 0 amide bonds. The second-order valence-electron chi connectivity index (χ2n) is 4.76. The standard InChI is InChI=1S/C16H21N3O/c1-4-14(12-13-8-6-5-7-9-13)19(2)16-17-11-10-15(18-16)20-3/h5-11,14H,4,12H2,1-3H3/t14-/m1/s1. The van der Waals surface area contributed by atoms with Crippen LogP contribution >= 0.6 is 0 Å². The predicted octanol–water partition coefficient (Wildman–Crippen LogP) is 2.94. The van der Waals surface area contributed by atoms with Crippen LogP contribution in [0.2, 0.25) is 0 Å². The first-order valence-electron chi connectivity index (χ1n) is 6.88. The van der Waals surface area contributed by atoms with E-state index in [1.54, 1.807) is 19.4 Å². The van der Waals surface area contributed by atoms with Crippen LogP contribution in [0.15, 0.2) is 42.6 Å². The smallest absolute Gasteiger partial charge is 0.228 e. The molecule has 0 saturated carbocycles. The van der Waals surface area contributed by atoms with Gasteiger partial charge in [-0.15, -0.1) is 0 Å². The summed E-state index contributed by atoms with van der Waals surface area (Å²) >= 11 is 0. The molecule has 0 fully saturated rings. The zero-order valence-electron chi connectivity index (χ0n) is 12.3. The third-order valence-electron chi connectivity index (χ3n) is 3.48. The summed E-state index contributed by atoms with van der Waals surface area (Å²) < 4.78 is 5.16.